The topological polar surface area (TPSA) is 220 Å². The summed E-state index contributed by atoms with van der Waals surface area (Å²) in [5.41, 5.74) is 10.8. The van der Waals surface area contributed by atoms with Crippen molar-refractivity contribution in [2.24, 2.45) is 16.5 Å². The van der Waals surface area contributed by atoms with Gasteiger partial charge in [-0.05, 0) is 76.7 Å². The van der Waals surface area contributed by atoms with Crippen LogP contribution in [0.1, 0.15) is 76.3 Å². The largest absolute Gasteiger partial charge is 0.493 e. The number of aliphatic hydroxyl groups is 1. The van der Waals surface area contributed by atoms with Gasteiger partial charge in [-0.25, -0.2) is 4.79 Å². The highest BCUT2D eigenvalue weighted by molar-refractivity contribution is 5.86. The molecular weight excluding hydrogens is 686 g/mol. The molecule has 1 aromatic rings. The lowest BCUT2D eigenvalue weighted by Gasteiger charge is -2.61. The molecule has 1 saturated heterocycles. The Morgan fingerprint density at radius 3 is 2.68 bits per heavy atom. The summed E-state index contributed by atoms with van der Waals surface area (Å²) in [6.07, 6.45) is 4.81. The molecule has 5 unspecified atom stereocenters. The van der Waals surface area contributed by atoms with Crippen LogP contribution in [0.5, 0.6) is 11.5 Å². The molecule has 2 aliphatic carbocycles. The Morgan fingerprint density at radius 1 is 1.17 bits per heavy atom. The fourth-order valence-corrected chi connectivity index (χ4v) is 8.48. The molecule has 16 nitrogen and oxygen atoms in total. The molecule has 3 amide bonds. The monoisotopic (exact) mass is 741 g/mol. The molecule has 0 radical (unpaired) electrons. The first-order valence-corrected chi connectivity index (χ1v) is 18.6. The first-order valence-electron chi connectivity index (χ1n) is 18.6. The third-order valence-electron chi connectivity index (χ3n) is 11.0. The number of nitrogens with two attached hydrogens (primary N) is 2. The van der Waals surface area contributed by atoms with Crippen LogP contribution in [-0.2, 0) is 35.7 Å². The quantitative estimate of drug-likeness (QED) is 0.0621. The molecule has 7 N–H and O–H groups in total. The van der Waals surface area contributed by atoms with Gasteiger partial charge in [0.05, 0.1) is 24.7 Å². The molecule has 0 saturated carbocycles. The van der Waals surface area contributed by atoms with E-state index >= 15 is 0 Å². The van der Waals surface area contributed by atoms with Crippen LogP contribution in [0.3, 0.4) is 0 Å². The maximum absolute atomic E-state index is 14.0. The molecule has 5 rings (SSSR count). The zero-order valence-corrected chi connectivity index (χ0v) is 31.3. The lowest BCUT2D eigenvalue weighted by atomic mass is 9.50. The van der Waals surface area contributed by atoms with E-state index in [0.717, 1.165) is 17.7 Å². The van der Waals surface area contributed by atoms with Crippen LogP contribution in [0, 0.1) is 0 Å². The Balaban J connectivity index is 1.31. The number of hydrogen-bond donors (Lipinski definition) is 5. The molecule has 0 aromatic heterocycles. The van der Waals surface area contributed by atoms with E-state index in [1.54, 1.807) is 20.1 Å². The number of carbonyl (C=O) groups excluding carboxylic acids is 4. The summed E-state index contributed by atoms with van der Waals surface area (Å²) in [6.45, 7) is 4.94. The molecule has 16 heteroatoms. The third kappa shape index (κ3) is 8.17. The van der Waals surface area contributed by atoms with Gasteiger partial charge in [0.1, 0.15) is 11.8 Å². The molecule has 53 heavy (non-hydrogen) atoms. The van der Waals surface area contributed by atoms with Crippen molar-refractivity contribution < 1.29 is 43.2 Å². The number of benzene rings is 1. The molecular formula is C37H55N7O9. The number of rotatable bonds is 18. The van der Waals surface area contributed by atoms with Crippen LogP contribution in [-0.4, -0.2) is 122 Å². The highest BCUT2D eigenvalue weighted by Gasteiger charge is 2.72. The third-order valence-corrected chi connectivity index (χ3v) is 11.0. The van der Waals surface area contributed by atoms with Gasteiger partial charge in [-0.15, -0.1) is 0 Å². The minimum absolute atomic E-state index is 0.0551. The van der Waals surface area contributed by atoms with Crippen molar-refractivity contribution in [2.75, 3.05) is 53.5 Å². The Labute approximate surface area is 310 Å². The lowest BCUT2D eigenvalue weighted by Crippen LogP contribution is -2.74. The molecule has 1 aromatic carbocycles. The standard InChI is InChI=1S/C37H55N7O9/c1-5-51-29(46)11-7-6-8-19-44(21-18-40-33(47)25(42-23(2)45)10-9-17-41-34(38)39)35(48)52-27-14-15-37(49)28-22-24-12-13-26(50-4)31-30(24)36(37,32(27)53-31)16-20-43(28)3/h12-14,25,28,32,49H,5-11,15-22H2,1-4H3,(H,40,47)(H,42,45)(H4,38,39,41). The van der Waals surface area contributed by atoms with E-state index in [9.17, 15) is 24.3 Å². The van der Waals surface area contributed by atoms with Gasteiger partial charge in [-0.1, -0.05) is 12.5 Å². The Kier molecular flexibility index (Phi) is 12.8. The predicted octanol–water partition coefficient (Wildman–Crippen LogP) is 1.21. The Bertz CT molecular complexity index is 1600. The van der Waals surface area contributed by atoms with Crippen LogP contribution in [0.25, 0.3) is 0 Å². The van der Waals surface area contributed by atoms with Crippen LogP contribution in [0.2, 0.25) is 0 Å². The summed E-state index contributed by atoms with van der Waals surface area (Å²) < 4.78 is 23.6. The van der Waals surface area contributed by atoms with Gasteiger partial charge >= 0.3 is 12.1 Å². The number of likely N-dealkylation sites (N-methyl/N-ethyl adjacent to an activating group) is 1. The molecule has 5 atom stereocenters. The highest BCUT2D eigenvalue weighted by atomic mass is 16.6. The maximum atomic E-state index is 14.0. The smallest absolute Gasteiger partial charge is 0.415 e. The Morgan fingerprint density at radius 2 is 1.96 bits per heavy atom. The van der Waals surface area contributed by atoms with Gasteiger partial charge in [-0.2, -0.15) is 0 Å². The number of guanidine groups is 1. The molecule has 1 fully saturated rings. The van der Waals surface area contributed by atoms with Crippen molar-refractivity contribution in [1.82, 2.24) is 20.4 Å². The number of aliphatic imine (C=N–C) groups is 1. The summed E-state index contributed by atoms with van der Waals surface area (Å²) in [5.74, 6) is 0.384. The fourth-order valence-electron chi connectivity index (χ4n) is 8.48. The highest BCUT2D eigenvalue weighted by Crippen LogP contribution is 2.65. The summed E-state index contributed by atoms with van der Waals surface area (Å²) >= 11 is 0. The van der Waals surface area contributed by atoms with E-state index in [2.05, 4.69) is 20.5 Å². The zero-order valence-electron chi connectivity index (χ0n) is 31.3. The number of esters is 1. The second-order valence-electron chi connectivity index (χ2n) is 14.2. The van der Waals surface area contributed by atoms with E-state index in [-0.39, 0.29) is 49.8 Å². The number of hydrogen-bond acceptors (Lipinski definition) is 11. The molecule has 2 bridgehead atoms. The number of carbonyl (C=O) groups is 4. The van der Waals surface area contributed by atoms with E-state index < -0.39 is 35.2 Å². The van der Waals surface area contributed by atoms with E-state index in [1.165, 1.54) is 11.8 Å². The number of ether oxygens (including phenoxy) is 4. The SMILES string of the molecule is CCOC(=O)CCCCCN(CCNC(=O)C(CCCN=C(N)N)NC(C)=O)C(=O)OC1=CCC2(O)C3Cc4ccc(OC)c5c4C2(CCN3C)C1O5. The summed E-state index contributed by atoms with van der Waals surface area (Å²) in [4.78, 5) is 58.5. The van der Waals surface area contributed by atoms with Crippen LogP contribution in [0.15, 0.2) is 29.0 Å². The number of piperidine rings is 1. The first kappa shape index (κ1) is 39.6. The van der Waals surface area contributed by atoms with Gasteiger partial charge in [0.25, 0.3) is 0 Å². The van der Waals surface area contributed by atoms with Crippen molar-refractivity contribution in [3.05, 3.63) is 35.1 Å². The van der Waals surface area contributed by atoms with E-state index in [0.29, 0.717) is 81.9 Å². The van der Waals surface area contributed by atoms with Crippen LogP contribution >= 0.6 is 0 Å². The zero-order chi connectivity index (χ0) is 38.3. The second kappa shape index (κ2) is 17.1. The number of nitrogens with one attached hydrogen (secondary N) is 2. The maximum Gasteiger partial charge on any atom is 0.415 e. The van der Waals surface area contributed by atoms with Gasteiger partial charge in [0.15, 0.2) is 23.6 Å². The predicted molar refractivity (Wildman–Crippen MR) is 195 cm³/mol. The summed E-state index contributed by atoms with van der Waals surface area (Å²) in [6, 6.07) is 2.97. The van der Waals surface area contributed by atoms with Gasteiger partial charge in [0, 0.05) is 57.5 Å². The van der Waals surface area contributed by atoms with Crippen LogP contribution in [0.4, 0.5) is 4.79 Å². The van der Waals surface area contributed by atoms with Crippen molar-refractivity contribution in [3.8, 4) is 11.5 Å². The number of likely N-dealkylation sites (tertiary alicyclic amines) is 1. The summed E-state index contributed by atoms with van der Waals surface area (Å²) in [7, 11) is 3.61. The van der Waals surface area contributed by atoms with Crippen molar-refractivity contribution >= 4 is 29.8 Å². The molecule has 4 aliphatic rings. The van der Waals surface area contributed by atoms with Gasteiger partial charge in [-0.3, -0.25) is 19.4 Å². The normalized spacial score (nSPS) is 24.1. The fraction of sp³-hybridized carbons (Fsp3) is 0.649. The lowest BCUT2D eigenvalue weighted by molar-refractivity contribution is -0.163. The van der Waals surface area contributed by atoms with Crippen LogP contribution < -0.4 is 31.6 Å². The Hall–Kier alpha value is -4.57. The number of unbranched alkanes of at least 4 members (excludes halogenated alkanes) is 2. The van der Waals surface area contributed by atoms with Gasteiger partial charge < -0.3 is 56.0 Å². The van der Waals surface area contributed by atoms with Crippen molar-refractivity contribution in [1.29, 1.82) is 0 Å². The number of methoxy groups -OCH3 is 1. The van der Waals surface area contributed by atoms with Crippen molar-refractivity contribution in [3.63, 3.8) is 0 Å². The summed E-state index contributed by atoms with van der Waals surface area (Å²) in [5, 5.41) is 18.0. The van der Waals surface area contributed by atoms with Gasteiger partial charge in [0.2, 0.25) is 11.8 Å². The average Bonchev–Trinajstić information content (AvgIpc) is 3.47. The molecule has 2 heterocycles. The average molecular weight is 742 g/mol. The molecule has 292 valence electrons. The molecule has 1 spiro atoms. The molecule has 2 aliphatic heterocycles. The minimum Gasteiger partial charge on any atom is -0.493 e. The second-order valence-corrected chi connectivity index (χ2v) is 14.2. The number of nitrogens with zero attached hydrogens (tertiary/aromatic N) is 3. The first-order chi connectivity index (χ1) is 25.4. The van der Waals surface area contributed by atoms with Crippen molar-refractivity contribution in [2.45, 2.75) is 101 Å². The number of amides is 3. The minimum atomic E-state index is -1.15. The van der Waals surface area contributed by atoms with E-state index in [4.69, 9.17) is 30.4 Å². The van der Waals surface area contributed by atoms with E-state index in [1.807, 2.05) is 19.2 Å².